The molecule has 0 heterocycles. The van der Waals surface area contributed by atoms with Gasteiger partial charge in [0.05, 0.1) is 25.4 Å². The first-order valence-corrected chi connectivity index (χ1v) is 34.8. The van der Waals surface area contributed by atoms with E-state index in [1.165, 1.54) is 308 Å². The predicted molar refractivity (Wildman–Crippen MR) is 338 cm³/mol. The van der Waals surface area contributed by atoms with Crippen LogP contribution in [0.25, 0.3) is 0 Å². The van der Waals surface area contributed by atoms with E-state index in [2.05, 4.69) is 43.5 Å². The third-order valence-corrected chi connectivity index (χ3v) is 16.2. The Hall–Kier alpha value is -1.92. The molecule has 0 bridgehead atoms. The summed E-state index contributed by atoms with van der Waals surface area (Å²) in [5.41, 5.74) is 0. The van der Waals surface area contributed by atoms with Crippen molar-refractivity contribution in [2.45, 2.75) is 392 Å². The lowest BCUT2D eigenvalue weighted by Gasteiger charge is -2.20. The smallest absolute Gasteiger partial charge is 0.305 e. The molecule has 6 nitrogen and oxygen atoms in total. The number of carbonyl (C=O) groups is 2. The molecule has 0 fully saturated rings. The molecule has 0 aliphatic rings. The van der Waals surface area contributed by atoms with E-state index in [1.807, 2.05) is 6.08 Å². The summed E-state index contributed by atoms with van der Waals surface area (Å²) >= 11 is 0. The van der Waals surface area contributed by atoms with Crippen molar-refractivity contribution in [1.82, 2.24) is 5.32 Å². The van der Waals surface area contributed by atoms with Crippen LogP contribution in [0, 0.1) is 0 Å². The van der Waals surface area contributed by atoms with Crippen molar-refractivity contribution in [2.24, 2.45) is 0 Å². The molecule has 0 aromatic heterocycles. The average Bonchev–Trinajstić information content (AvgIpc) is 3.43. The monoisotopic (exact) mass is 1080 g/mol. The molecular formula is C71H135NO5. The number of hydrogen-bond donors (Lipinski definition) is 3. The summed E-state index contributed by atoms with van der Waals surface area (Å²) in [5, 5.41) is 23.0. The van der Waals surface area contributed by atoms with Gasteiger partial charge < -0.3 is 20.3 Å². The number of unbranched alkanes of at least 4 members (excludes halogenated alkanes) is 50. The summed E-state index contributed by atoms with van der Waals surface area (Å²) in [6.07, 6.45) is 85.3. The number of hydrogen-bond acceptors (Lipinski definition) is 5. The van der Waals surface area contributed by atoms with Gasteiger partial charge in [0.25, 0.3) is 0 Å². The Kier molecular flexibility index (Phi) is 64.9. The summed E-state index contributed by atoms with van der Waals surface area (Å²) in [6, 6.07) is -0.624. The minimum atomic E-state index is -0.840. The number of nitrogens with one attached hydrogen (secondary N) is 1. The number of aliphatic hydroxyl groups is 2. The second-order valence-electron chi connectivity index (χ2n) is 23.9. The van der Waals surface area contributed by atoms with Crippen molar-refractivity contribution in [1.29, 1.82) is 0 Å². The van der Waals surface area contributed by atoms with Crippen LogP contribution in [0.1, 0.15) is 380 Å². The molecule has 0 rings (SSSR count). The van der Waals surface area contributed by atoms with Gasteiger partial charge in [0, 0.05) is 12.8 Å². The second kappa shape index (κ2) is 66.6. The number of allylic oxidation sites excluding steroid dienone is 5. The van der Waals surface area contributed by atoms with Gasteiger partial charge in [-0.3, -0.25) is 9.59 Å². The van der Waals surface area contributed by atoms with E-state index >= 15 is 0 Å². The van der Waals surface area contributed by atoms with Crippen LogP contribution in [0.4, 0.5) is 0 Å². The minimum Gasteiger partial charge on any atom is -0.466 e. The van der Waals surface area contributed by atoms with Gasteiger partial charge in [0.2, 0.25) is 5.91 Å². The first kappa shape index (κ1) is 75.1. The molecule has 0 aromatic carbocycles. The Morgan fingerprint density at radius 2 is 0.649 bits per heavy atom. The van der Waals surface area contributed by atoms with Crippen molar-refractivity contribution >= 4 is 11.9 Å². The standard InChI is InChI=1S/C71H135NO5/c1-3-5-7-9-11-13-14-15-16-39-42-45-49-53-57-61-65-71(76)77-66-62-58-54-50-46-43-40-37-35-33-31-29-27-25-23-21-19-17-18-20-22-24-26-28-30-32-34-36-38-41-44-48-52-56-60-64-70(75)72-68(67-73)69(74)63-59-55-51-47-12-10-8-6-4-2/h19,21,25,27,59,63,68-69,73-74H,3-18,20,22-24,26,28-58,60-62,64-67H2,1-2H3,(H,72,75)/b21-19-,27-25-,63-59+. The van der Waals surface area contributed by atoms with Crippen LogP contribution in [-0.4, -0.2) is 47.4 Å². The molecule has 0 spiro atoms. The van der Waals surface area contributed by atoms with Gasteiger partial charge in [-0.1, -0.05) is 339 Å². The second-order valence-corrected chi connectivity index (χ2v) is 23.9. The van der Waals surface area contributed by atoms with E-state index in [4.69, 9.17) is 4.74 Å². The van der Waals surface area contributed by atoms with Gasteiger partial charge in [-0.15, -0.1) is 0 Å². The molecular weight excluding hydrogens is 947 g/mol. The molecule has 0 saturated heterocycles. The minimum absolute atomic E-state index is 0.0203. The van der Waals surface area contributed by atoms with E-state index < -0.39 is 12.1 Å². The fourth-order valence-corrected chi connectivity index (χ4v) is 10.8. The van der Waals surface area contributed by atoms with Gasteiger partial charge in [-0.05, 0) is 64.2 Å². The summed E-state index contributed by atoms with van der Waals surface area (Å²) in [5.74, 6) is -0.0470. The molecule has 0 aliphatic carbocycles. The number of ether oxygens (including phenoxy) is 1. The number of esters is 1. The van der Waals surface area contributed by atoms with Crippen LogP contribution in [-0.2, 0) is 14.3 Å². The van der Waals surface area contributed by atoms with Crippen LogP contribution < -0.4 is 5.32 Å². The maximum atomic E-state index is 12.4. The number of aliphatic hydroxyl groups excluding tert-OH is 2. The lowest BCUT2D eigenvalue weighted by Crippen LogP contribution is -2.45. The zero-order valence-corrected chi connectivity index (χ0v) is 52.0. The van der Waals surface area contributed by atoms with Gasteiger partial charge in [-0.2, -0.15) is 0 Å². The molecule has 1 amide bonds. The van der Waals surface area contributed by atoms with Crippen molar-refractivity contribution in [3.63, 3.8) is 0 Å². The molecule has 0 aromatic rings. The van der Waals surface area contributed by atoms with E-state index in [-0.39, 0.29) is 18.5 Å². The largest absolute Gasteiger partial charge is 0.466 e. The van der Waals surface area contributed by atoms with Gasteiger partial charge >= 0.3 is 5.97 Å². The van der Waals surface area contributed by atoms with Crippen molar-refractivity contribution < 1.29 is 24.5 Å². The van der Waals surface area contributed by atoms with Gasteiger partial charge in [-0.25, -0.2) is 0 Å². The fourth-order valence-electron chi connectivity index (χ4n) is 10.8. The highest BCUT2D eigenvalue weighted by atomic mass is 16.5. The summed E-state index contributed by atoms with van der Waals surface area (Å²) in [6.45, 7) is 4.90. The maximum Gasteiger partial charge on any atom is 0.305 e. The highest BCUT2D eigenvalue weighted by Crippen LogP contribution is 2.18. The van der Waals surface area contributed by atoms with Crippen molar-refractivity contribution in [2.75, 3.05) is 13.2 Å². The Bertz CT molecular complexity index is 1250. The van der Waals surface area contributed by atoms with Gasteiger partial charge in [0.15, 0.2) is 0 Å². The van der Waals surface area contributed by atoms with Crippen molar-refractivity contribution in [3.05, 3.63) is 36.5 Å². The van der Waals surface area contributed by atoms with Crippen LogP contribution in [0.15, 0.2) is 36.5 Å². The highest BCUT2D eigenvalue weighted by Gasteiger charge is 2.18. The SMILES string of the molecule is CCCCCCCCC/C=C/C(O)C(CO)NC(=O)CCCCCCCCCCCCCCCCCCC/C=C\C/C=C\CCCCCCCCCCCCCOC(=O)CCCCCCCCCCCCCCCCCC. The van der Waals surface area contributed by atoms with Gasteiger partial charge in [0.1, 0.15) is 0 Å². The molecule has 0 saturated carbocycles. The molecule has 3 N–H and O–H groups in total. The number of rotatable bonds is 65. The summed E-state index contributed by atoms with van der Waals surface area (Å²) < 4.78 is 5.50. The number of carbonyl (C=O) groups excluding carboxylic acids is 2. The summed E-state index contributed by atoms with van der Waals surface area (Å²) in [4.78, 5) is 24.5. The molecule has 0 aliphatic heterocycles. The third-order valence-electron chi connectivity index (χ3n) is 16.2. The van der Waals surface area contributed by atoms with E-state index in [9.17, 15) is 19.8 Å². The maximum absolute atomic E-state index is 12.4. The Labute approximate surface area is 481 Å². The van der Waals surface area contributed by atoms with E-state index in [1.54, 1.807) is 6.08 Å². The van der Waals surface area contributed by atoms with Crippen LogP contribution in [0.5, 0.6) is 0 Å². The summed E-state index contributed by atoms with van der Waals surface area (Å²) in [7, 11) is 0. The molecule has 454 valence electrons. The van der Waals surface area contributed by atoms with E-state index in [0.717, 1.165) is 44.9 Å². The normalized spacial score (nSPS) is 12.7. The number of amides is 1. The molecule has 2 unspecified atom stereocenters. The Morgan fingerprint density at radius 3 is 0.987 bits per heavy atom. The zero-order chi connectivity index (χ0) is 55.7. The fraction of sp³-hybridized carbons (Fsp3) is 0.887. The zero-order valence-electron chi connectivity index (χ0n) is 52.0. The van der Waals surface area contributed by atoms with E-state index in [0.29, 0.717) is 19.4 Å². The predicted octanol–water partition coefficient (Wildman–Crippen LogP) is 22.3. The Morgan fingerprint density at radius 1 is 0.364 bits per heavy atom. The molecule has 6 heteroatoms. The first-order valence-electron chi connectivity index (χ1n) is 34.8. The molecule has 2 atom stereocenters. The van der Waals surface area contributed by atoms with Crippen LogP contribution in [0.3, 0.4) is 0 Å². The quantitative estimate of drug-likeness (QED) is 0.0320. The first-order chi connectivity index (χ1) is 38.0. The Balaban J connectivity index is 3.34. The average molecular weight is 1080 g/mol. The highest BCUT2D eigenvalue weighted by molar-refractivity contribution is 5.76. The van der Waals surface area contributed by atoms with Crippen LogP contribution >= 0.6 is 0 Å². The van der Waals surface area contributed by atoms with Crippen molar-refractivity contribution in [3.8, 4) is 0 Å². The lowest BCUT2D eigenvalue weighted by molar-refractivity contribution is -0.143. The third kappa shape index (κ3) is 63.1. The lowest BCUT2D eigenvalue weighted by atomic mass is 10.0. The topological polar surface area (TPSA) is 95.9 Å². The molecule has 77 heavy (non-hydrogen) atoms. The molecule has 0 radical (unpaired) electrons. The van der Waals surface area contributed by atoms with Crippen LogP contribution in [0.2, 0.25) is 0 Å².